The van der Waals surface area contributed by atoms with E-state index in [9.17, 15) is 32.0 Å². The molecule has 3 atom stereocenters. The van der Waals surface area contributed by atoms with E-state index in [1.807, 2.05) is 0 Å². The number of carbonyl (C=O) groups is 3. The van der Waals surface area contributed by atoms with E-state index in [2.05, 4.69) is 21.2 Å². The maximum Gasteiger partial charge on any atom is 0.308 e. The zero-order valence-corrected chi connectivity index (χ0v) is 25.8. The Bertz CT molecular complexity index is 1940. The van der Waals surface area contributed by atoms with Crippen molar-refractivity contribution in [3.63, 3.8) is 0 Å². The Labute approximate surface area is 260 Å². The van der Waals surface area contributed by atoms with Gasteiger partial charge in [-0.3, -0.25) is 23.7 Å². The minimum absolute atomic E-state index is 0.126. The van der Waals surface area contributed by atoms with Crippen molar-refractivity contribution in [2.45, 2.75) is 27.6 Å². The van der Waals surface area contributed by atoms with Crippen LogP contribution in [-0.2, 0) is 31.0 Å². The number of thioether (sulfide) groups is 1. The molecule has 220 valence electrons. The molecule has 4 aromatic rings. The number of rotatable bonds is 6. The molecule has 3 amide bonds. The lowest BCUT2D eigenvalue weighted by Gasteiger charge is -2.30. The predicted octanol–water partition coefficient (Wildman–Crippen LogP) is 3.89. The second kappa shape index (κ2) is 11.1. The number of amides is 3. The van der Waals surface area contributed by atoms with Crippen LogP contribution in [0.1, 0.15) is 16.4 Å². The average Bonchev–Trinajstić information content (AvgIpc) is 3.40. The van der Waals surface area contributed by atoms with Gasteiger partial charge in [0.15, 0.2) is 0 Å². The number of aromatic nitrogens is 1. The monoisotopic (exact) mass is 702 g/mol. The van der Waals surface area contributed by atoms with Gasteiger partial charge in [0.25, 0.3) is 0 Å². The zero-order valence-electron chi connectivity index (χ0n) is 21.8. The Morgan fingerprint density at radius 2 is 1.60 bits per heavy atom. The summed E-state index contributed by atoms with van der Waals surface area (Å²) in [5.74, 6) is -3.53. The number of nitrogens with one attached hydrogen (secondary N) is 1. The third-order valence-electron chi connectivity index (χ3n) is 7.13. The van der Waals surface area contributed by atoms with Gasteiger partial charge in [0.1, 0.15) is 17.6 Å². The fourth-order valence-corrected chi connectivity index (χ4v) is 8.75. The second-order valence-corrected chi connectivity index (χ2v) is 14.4. The number of halogens is 2. The van der Waals surface area contributed by atoms with Crippen LogP contribution in [0.4, 0.5) is 15.8 Å². The summed E-state index contributed by atoms with van der Waals surface area (Å²) in [6, 6.07) is 17.5. The van der Waals surface area contributed by atoms with Gasteiger partial charge < -0.3 is 5.32 Å². The Balaban J connectivity index is 1.36. The van der Waals surface area contributed by atoms with E-state index in [0.717, 1.165) is 32.5 Å². The smallest absolute Gasteiger partial charge is 0.308 e. The summed E-state index contributed by atoms with van der Waals surface area (Å²) < 4.78 is 38.9. The highest BCUT2D eigenvalue weighted by Crippen LogP contribution is 2.53. The number of hydrogen-bond donors (Lipinski definition) is 2. The molecule has 0 spiro atoms. The summed E-state index contributed by atoms with van der Waals surface area (Å²) in [6.45, 7) is -0.402. The fraction of sp³-hybridized carbons (Fsp3) is 0.143. The van der Waals surface area contributed by atoms with Crippen molar-refractivity contribution in [3.05, 3.63) is 103 Å². The first-order valence-electron chi connectivity index (χ1n) is 12.6. The summed E-state index contributed by atoms with van der Waals surface area (Å²) in [5.41, 5.74) is 1.25. The zero-order chi connectivity index (χ0) is 30.6. The van der Waals surface area contributed by atoms with Crippen molar-refractivity contribution >= 4 is 78.1 Å². The van der Waals surface area contributed by atoms with E-state index in [1.54, 1.807) is 24.3 Å². The summed E-state index contributed by atoms with van der Waals surface area (Å²) in [6.07, 6.45) is 0. The highest BCUT2D eigenvalue weighted by Gasteiger charge is 2.56. The Morgan fingerprint density at radius 3 is 2.23 bits per heavy atom. The number of sulfonamides is 1. The number of anilines is 2. The van der Waals surface area contributed by atoms with Gasteiger partial charge in [0.05, 0.1) is 21.5 Å². The first-order valence-corrected chi connectivity index (χ1v) is 16.7. The lowest BCUT2D eigenvalue weighted by atomic mass is 9.83. The van der Waals surface area contributed by atoms with E-state index in [-0.39, 0.29) is 10.6 Å². The van der Waals surface area contributed by atoms with Crippen LogP contribution in [0.3, 0.4) is 0 Å². The molecule has 3 aromatic carbocycles. The van der Waals surface area contributed by atoms with Crippen LogP contribution in [-0.4, -0.2) is 36.0 Å². The topological polar surface area (TPSA) is 149 Å². The Hall–Kier alpha value is -3.63. The quantitative estimate of drug-likeness (QED) is 0.290. The number of imide groups is 1. The van der Waals surface area contributed by atoms with Gasteiger partial charge in [-0.25, -0.2) is 22.8 Å². The summed E-state index contributed by atoms with van der Waals surface area (Å²) in [4.78, 5) is 54.9. The van der Waals surface area contributed by atoms with E-state index >= 15 is 0 Å². The van der Waals surface area contributed by atoms with Crippen molar-refractivity contribution in [1.82, 2.24) is 4.57 Å². The number of thiazole rings is 1. The van der Waals surface area contributed by atoms with Crippen molar-refractivity contribution in [3.8, 4) is 0 Å². The number of primary sulfonamides is 1. The highest BCUT2D eigenvalue weighted by atomic mass is 79.9. The molecule has 10 nitrogen and oxygen atoms in total. The third-order valence-corrected chi connectivity index (χ3v) is 11.2. The number of nitrogens with two attached hydrogens (primary N) is 1. The third kappa shape index (κ3) is 5.47. The molecular weight excluding hydrogens is 683 g/mol. The molecule has 1 fully saturated rings. The van der Waals surface area contributed by atoms with Crippen LogP contribution in [0, 0.1) is 11.7 Å². The minimum Gasteiger partial charge on any atom is -0.325 e. The number of fused-ring (bicyclic) bond motifs is 2. The summed E-state index contributed by atoms with van der Waals surface area (Å²) >= 11 is 5.29. The molecule has 2 aliphatic rings. The molecule has 2 aliphatic heterocycles. The largest absolute Gasteiger partial charge is 0.325 e. The van der Waals surface area contributed by atoms with Crippen LogP contribution in [0.15, 0.2) is 92.0 Å². The molecule has 0 unspecified atom stereocenters. The molecule has 3 heterocycles. The molecule has 43 heavy (non-hydrogen) atoms. The maximum atomic E-state index is 13.9. The minimum atomic E-state index is -3.91. The first-order chi connectivity index (χ1) is 20.4. The molecule has 0 bridgehead atoms. The summed E-state index contributed by atoms with van der Waals surface area (Å²) in [5, 5.41) is 7.23. The van der Waals surface area contributed by atoms with Gasteiger partial charge in [0.2, 0.25) is 27.7 Å². The second-order valence-electron chi connectivity index (χ2n) is 9.82. The predicted molar refractivity (Wildman–Crippen MR) is 163 cm³/mol. The Morgan fingerprint density at radius 1 is 0.953 bits per heavy atom. The van der Waals surface area contributed by atoms with Gasteiger partial charge in [-0.05, 0) is 66.2 Å². The van der Waals surface area contributed by atoms with Gasteiger partial charge in [-0.2, -0.15) is 0 Å². The van der Waals surface area contributed by atoms with Crippen molar-refractivity contribution < 1.29 is 27.2 Å². The van der Waals surface area contributed by atoms with Gasteiger partial charge >= 0.3 is 4.87 Å². The van der Waals surface area contributed by atoms with Crippen LogP contribution >= 0.6 is 39.0 Å². The molecular formula is C28H20BrFN4O6S3. The summed E-state index contributed by atoms with van der Waals surface area (Å²) in [7, 11) is -3.91. The Kier molecular flexibility index (Phi) is 7.62. The van der Waals surface area contributed by atoms with Crippen molar-refractivity contribution in [2.24, 2.45) is 11.1 Å². The van der Waals surface area contributed by atoms with Gasteiger partial charge in [0, 0.05) is 21.0 Å². The lowest BCUT2D eigenvalue weighted by molar-refractivity contribution is -0.122. The van der Waals surface area contributed by atoms with E-state index in [1.165, 1.54) is 53.1 Å². The van der Waals surface area contributed by atoms with Crippen LogP contribution < -0.4 is 20.2 Å². The standard InChI is InChI=1S/C28H20BrFN4O6S3/c29-15-3-9-18(10-4-15)34-25(36)22-21(14-1-5-16(30)6-2-14)24-27(41-23(22)26(34)37)33(28(38)42-24)13-20(35)32-17-7-11-19(12-8-17)43(31,39)40/h1-12,21-23H,13H2,(H,32,35)(H2,31,39,40)/t21-,22-,23+/m0/s1. The number of carbonyl (C=O) groups excluding carboxylic acids is 3. The highest BCUT2D eigenvalue weighted by molar-refractivity contribution is 9.10. The molecule has 15 heteroatoms. The number of nitrogens with zero attached hydrogens (tertiary/aromatic N) is 2. The molecule has 0 saturated carbocycles. The number of benzene rings is 3. The number of hydrogen-bond acceptors (Lipinski definition) is 8. The molecule has 6 rings (SSSR count). The molecule has 1 aromatic heterocycles. The molecule has 3 N–H and O–H groups in total. The molecule has 0 radical (unpaired) electrons. The van der Waals surface area contributed by atoms with Crippen LogP contribution in [0.5, 0.6) is 0 Å². The van der Waals surface area contributed by atoms with Crippen LogP contribution in [0.25, 0.3) is 0 Å². The van der Waals surface area contributed by atoms with Crippen molar-refractivity contribution in [2.75, 3.05) is 10.2 Å². The van der Waals surface area contributed by atoms with E-state index in [4.69, 9.17) is 5.14 Å². The normalized spacial score (nSPS) is 19.7. The molecule has 1 saturated heterocycles. The van der Waals surface area contributed by atoms with Crippen LogP contribution in [0.2, 0.25) is 0 Å². The van der Waals surface area contributed by atoms with Gasteiger partial charge in [-0.1, -0.05) is 51.2 Å². The van der Waals surface area contributed by atoms with E-state index in [0.29, 0.717) is 21.2 Å². The van der Waals surface area contributed by atoms with Crippen molar-refractivity contribution in [1.29, 1.82) is 0 Å². The first kappa shape index (κ1) is 29.4. The SMILES string of the molecule is NS(=O)(=O)c1ccc(NC(=O)Cn2c3c(sc2=O)[C@@H](c2ccc(F)cc2)[C@@H]2C(=O)N(c4ccc(Br)cc4)C(=O)[C@@H]2S3)cc1. The fourth-order valence-electron chi connectivity index (χ4n) is 5.20. The lowest BCUT2D eigenvalue weighted by Crippen LogP contribution is -2.33. The average molecular weight is 704 g/mol. The maximum absolute atomic E-state index is 13.9. The molecule has 0 aliphatic carbocycles. The van der Waals surface area contributed by atoms with Gasteiger partial charge in [-0.15, -0.1) is 0 Å². The van der Waals surface area contributed by atoms with E-state index < -0.39 is 62.1 Å².